The molecule has 2 nitrogen and oxygen atoms in total. The number of nitrogens with zero attached hydrogens (tertiary/aromatic N) is 1. The minimum atomic E-state index is -0.226. The van der Waals surface area contributed by atoms with E-state index >= 15 is 0 Å². The van der Waals surface area contributed by atoms with E-state index in [1.165, 1.54) is 17.2 Å². The van der Waals surface area contributed by atoms with Crippen LogP contribution in [0.2, 0.25) is 0 Å². The van der Waals surface area contributed by atoms with E-state index in [2.05, 4.69) is 19.1 Å². The molecule has 0 aromatic heterocycles. The number of aryl methyl sites for hydroxylation is 1. The van der Waals surface area contributed by atoms with Gasteiger partial charge in [-0.05, 0) is 36.6 Å². The summed E-state index contributed by atoms with van der Waals surface area (Å²) >= 11 is 0. The smallest absolute Gasteiger partial charge is 0.146 e. The molecule has 0 fully saturated rings. The van der Waals surface area contributed by atoms with Gasteiger partial charge >= 0.3 is 0 Å². The molecule has 0 unspecified atom stereocenters. The van der Waals surface area contributed by atoms with Crippen molar-refractivity contribution in [2.45, 2.75) is 26.4 Å². The lowest BCUT2D eigenvalue weighted by atomic mass is 10.0. The van der Waals surface area contributed by atoms with Gasteiger partial charge in [0.25, 0.3) is 0 Å². The molecule has 1 atom stereocenters. The molecule has 0 aliphatic heterocycles. The van der Waals surface area contributed by atoms with Crippen molar-refractivity contribution >= 4 is 5.69 Å². The third kappa shape index (κ3) is 2.99. The molecular weight excluding hydrogens is 251 g/mol. The van der Waals surface area contributed by atoms with Crippen LogP contribution in [0.5, 0.6) is 0 Å². The summed E-state index contributed by atoms with van der Waals surface area (Å²) in [6, 6.07) is 13.0. The maximum Gasteiger partial charge on any atom is 0.146 e. The van der Waals surface area contributed by atoms with Gasteiger partial charge < -0.3 is 10.6 Å². The van der Waals surface area contributed by atoms with Gasteiger partial charge in [0.05, 0.1) is 5.69 Å². The zero-order valence-electron chi connectivity index (χ0n) is 12.2. The van der Waals surface area contributed by atoms with Crippen molar-refractivity contribution in [3.05, 3.63) is 65.0 Å². The van der Waals surface area contributed by atoms with Crippen LogP contribution in [0.1, 0.15) is 29.7 Å². The zero-order chi connectivity index (χ0) is 14.7. The standard InChI is InChI=1S/C17H21FN2/c1-12-7-4-5-8-14(12)11-20(3)17-15(13(2)19)9-6-10-16(17)18/h4-10,13H,11,19H2,1-3H3/t13-/m0/s1. The molecule has 20 heavy (non-hydrogen) atoms. The molecule has 0 radical (unpaired) electrons. The first kappa shape index (κ1) is 14.5. The van der Waals surface area contributed by atoms with Gasteiger partial charge in [-0.3, -0.25) is 0 Å². The monoisotopic (exact) mass is 272 g/mol. The minimum Gasteiger partial charge on any atom is -0.368 e. The molecule has 2 aromatic carbocycles. The Kier molecular flexibility index (Phi) is 4.40. The van der Waals surface area contributed by atoms with Crippen LogP contribution in [0.15, 0.2) is 42.5 Å². The van der Waals surface area contributed by atoms with Crippen molar-refractivity contribution in [2.24, 2.45) is 5.73 Å². The third-order valence-corrected chi connectivity index (χ3v) is 3.56. The molecule has 0 aliphatic carbocycles. The second-order valence-corrected chi connectivity index (χ2v) is 5.25. The predicted octanol–water partition coefficient (Wildman–Crippen LogP) is 3.79. The fourth-order valence-electron chi connectivity index (χ4n) is 2.42. The van der Waals surface area contributed by atoms with Crippen molar-refractivity contribution < 1.29 is 4.39 Å². The number of hydrogen-bond donors (Lipinski definition) is 1. The number of halogens is 1. The molecule has 0 saturated carbocycles. The Bertz CT molecular complexity index is 593. The highest BCUT2D eigenvalue weighted by Gasteiger charge is 2.16. The molecule has 0 aliphatic rings. The zero-order valence-corrected chi connectivity index (χ0v) is 12.2. The van der Waals surface area contributed by atoms with E-state index in [1.54, 1.807) is 6.07 Å². The number of anilines is 1. The largest absolute Gasteiger partial charge is 0.368 e. The van der Waals surface area contributed by atoms with E-state index in [0.717, 1.165) is 5.56 Å². The van der Waals surface area contributed by atoms with Crippen LogP contribution in [-0.2, 0) is 6.54 Å². The van der Waals surface area contributed by atoms with Crippen LogP contribution in [-0.4, -0.2) is 7.05 Å². The second-order valence-electron chi connectivity index (χ2n) is 5.25. The van der Waals surface area contributed by atoms with Gasteiger partial charge in [-0.1, -0.05) is 36.4 Å². The summed E-state index contributed by atoms with van der Waals surface area (Å²) in [5.41, 5.74) is 9.77. The van der Waals surface area contributed by atoms with Crippen molar-refractivity contribution in [1.29, 1.82) is 0 Å². The molecule has 106 valence electrons. The van der Waals surface area contributed by atoms with Gasteiger partial charge in [0.1, 0.15) is 5.82 Å². The Morgan fingerprint density at radius 3 is 2.50 bits per heavy atom. The normalized spacial score (nSPS) is 12.2. The van der Waals surface area contributed by atoms with E-state index < -0.39 is 0 Å². The summed E-state index contributed by atoms with van der Waals surface area (Å²) in [6.07, 6.45) is 0. The van der Waals surface area contributed by atoms with Crippen molar-refractivity contribution in [3.63, 3.8) is 0 Å². The molecule has 0 amide bonds. The number of nitrogens with two attached hydrogens (primary N) is 1. The van der Waals surface area contributed by atoms with E-state index in [1.807, 2.05) is 37.1 Å². The molecule has 0 heterocycles. The Balaban J connectivity index is 2.34. The first-order valence-electron chi connectivity index (χ1n) is 6.80. The summed E-state index contributed by atoms with van der Waals surface area (Å²) in [4.78, 5) is 1.93. The summed E-state index contributed by atoms with van der Waals surface area (Å²) in [6.45, 7) is 4.60. The lowest BCUT2D eigenvalue weighted by Crippen LogP contribution is -2.22. The quantitative estimate of drug-likeness (QED) is 0.917. The summed E-state index contributed by atoms with van der Waals surface area (Å²) in [5, 5.41) is 0. The van der Waals surface area contributed by atoms with Gasteiger partial charge in [0, 0.05) is 19.6 Å². The Labute approximate surface area is 120 Å². The predicted molar refractivity (Wildman–Crippen MR) is 82.3 cm³/mol. The third-order valence-electron chi connectivity index (χ3n) is 3.56. The van der Waals surface area contributed by atoms with Crippen molar-refractivity contribution in [1.82, 2.24) is 0 Å². The lowest BCUT2D eigenvalue weighted by Gasteiger charge is -2.25. The Morgan fingerprint density at radius 1 is 1.15 bits per heavy atom. The number of para-hydroxylation sites is 1. The molecule has 2 rings (SSSR count). The molecule has 2 aromatic rings. The van der Waals surface area contributed by atoms with Gasteiger partial charge in [0.2, 0.25) is 0 Å². The molecule has 2 N–H and O–H groups in total. The summed E-state index contributed by atoms with van der Waals surface area (Å²) < 4.78 is 14.2. The maximum absolute atomic E-state index is 14.2. The van der Waals surface area contributed by atoms with Crippen molar-refractivity contribution in [3.8, 4) is 0 Å². The summed E-state index contributed by atoms with van der Waals surface area (Å²) in [5.74, 6) is -0.226. The van der Waals surface area contributed by atoms with Crippen LogP contribution < -0.4 is 10.6 Å². The van der Waals surface area contributed by atoms with Crippen molar-refractivity contribution in [2.75, 3.05) is 11.9 Å². The molecule has 0 bridgehead atoms. The van der Waals surface area contributed by atoms with Crippen LogP contribution >= 0.6 is 0 Å². The van der Waals surface area contributed by atoms with Crippen LogP contribution in [0.25, 0.3) is 0 Å². The topological polar surface area (TPSA) is 29.3 Å². The van der Waals surface area contributed by atoms with E-state index in [-0.39, 0.29) is 11.9 Å². The minimum absolute atomic E-state index is 0.194. The molecule has 3 heteroatoms. The second kappa shape index (κ2) is 6.06. The van der Waals surface area contributed by atoms with Crippen LogP contribution in [0.3, 0.4) is 0 Å². The van der Waals surface area contributed by atoms with Crippen LogP contribution in [0, 0.1) is 12.7 Å². The first-order chi connectivity index (χ1) is 9.50. The van der Waals surface area contributed by atoms with Gasteiger partial charge in [-0.2, -0.15) is 0 Å². The fourth-order valence-corrected chi connectivity index (χ4v) is 2.42. The highest BCUT2D eigenvalue weighted by atomic mass is 19.1. The highest BCUT2D eigenvalue weighted by molar-refractivity contribution is 5.56. The van der Waals surface area contributed by atoms with Gasteiger partial charge in [-0.15, -0.1) is 0 Å². The summed E-state index contributed by atoms with van der Waals surface area (Å²) in [7, 11) is 1.90. The molecule has 0 spiro atoms. The number of hydrogen-bond acceptors (Lipinski definition) is 2. The Morgan fingerprint density at radius 2 is 1.85 bits per heavy atom. The molecular formula is C17H21FN2. The van der Waals surface area contributed by atoms with Gasteiger partial charge in [0.15, 0.2) is 0 Å². The maximum atomic E-state index is 14.2. The van der Waals surface area contributed by atoms with E-state index in [4.69, 9.17) is 5.73 Å². The number of benzene rings is 2. The van der Waals surface area contributed by atoms with Gasteiger partial charge in [-0.25, -0.2) is 4.39 Å². The average Bonchev–Trinajstić information content (AvgIpc) is 2.40. The highest BCUT2D eigenvalue weighted by Crippen LogP contribution is 2.29. The first-order valence-corrected chi connectivity index (χ1v) is 6.80. The van der Waals surface area contributed by atoms with E-state index in [9.17, 15) is 4.39 Å². The average molecular weight is 272 g/mol. The van der Waals surface area contributed by atoms with Crippen LogP contribution in [0.4, 0.5) is 10.1 Å². The Hall–Kier alpha value is -1.87. The lowest BCUT2D eigenvalue weighted by molar-refractivity contribution is 0.616. The molecule has 0 saturated heterocycles. The van der Waals surface area contributed by atoms with E-state index in [0.29, 0.717) is 12.2 Å². The fraction of sp³-hybridized carbons (Fsp3) is 0.294. The SMILES string of the molecule is Cc1ccccc1CN(C)c1c(F)cccc1[C@H](C)N. The number of rotatable bonds is 4.